The van der Waals surface area contributed by atoms with Crippen LogP contribution in [0.15, 0.2) is 12.1 Å². The number of hydrogen-bond acceptors (Lipinski definition) is 4. The van der Waals surface area contributed by atoms with E-state index in [2.05, 4.69) is 0 Å². The highest BCUT2D eigenvalue weighted by atomic mass is 16.6. The van der Waals surface area contributed by atoms with Crippen molar-refractivity contribution in [2.45, 2.75) is 25.9 Å². The molecule has 1 saturated carbocycles. The number of nitro benzene ring substituents is 1. The van der Waals surface area contributed by atoms with Crippen LogP contribution in [0.25, 0.3) is 0 Å². The third kappa shape index (κ3) is 1.96. The van der Waals surface area contributed by atoms with Crippen LogP contribution in [0, 0.1) is 28.4 Å². The Labute approximate surface area is 92.4 Å². The Morgan fingerprint density at radius 2 is 2.25 bits per heavy atom. The summed E-state index contributed by atoms with van der Waals surface area (Å²) in [5.74, 6) is 0.203. The molecule has 0 saturated heterocycles. The second-order valence-corrected chi connectivity index (χ2v) is 3.82. The summed E-state index contributed by atoms with van der Waals surface area (Å²) in [6, 6.07) is 4.83. The van der Waals surface area contributed by atoms with Crippen molar-refractivity contribution in [1.29, 1.82) is 5.26 Å². The highest BCUT2D eigenvalue weighted by Gasteiger charge is 2.28. The van der Waals surface area contributed by atoms with E-state index in [1.807, 2.05) is 6.07 Å². The van der Waals surface area contributed by atoms with Gasteiger partial charge in [0.05, 0.1) is 22.7 Å². The topological polar surface area (TPSA) is 76.2 Å². The van der Waals surface area contributed by atoms with Crippen LogP contribution in [0.3, 0.4) is 0 Å². The molecule has 0 radical (unpaired) electrons. The van der Waals surface area contributed by atoms with Crippen molar-refractivity contribution >= 4 is 5.69 Å². The smallest absolute Gasteiger partial charge is 0.311 e. The van der Waals surface area contributed by atoms with Gasteiger partial charge >= 0.3 is 5.69 Å². The lowest BCUT2D eigenvalue weighted by Crippen LogP contribution is -2.01. The molecule has 0 aliphatic heterocycles. The molecule has 1 aromatic carbocycles. The zero-order valence-electron chi connectivity index (χ0n) is 8.77. The summed E-state index contributed by atoms with van der Waals surface area (Å²) in [5.41, 5.74) is 0.946. The van der Waals surface area contributed by atoms with Gasteiger partial charge in [-0.2, -0.15) is 5.26 Å². The third-order valence-corrected chi connectivity index (χ3v) is 2.44. The van der Waals surface area contributed by atoms with Crippen LogP contribution in [0.4, 0.5) is 5.69 Å². The molecule has 0 heterocycles. The van der Waals surface area contributed by atoms with Crippen LogP contribution in [0.1, 0.15) is 24.0 Å². The van der Waals surface area contributed by atoms with Gasteiger partial charge in [0.2, 0.25) is 0 Å². The number of nitro groups is 1. The Morgan fingerprint density at radius 1 is 1.56 bits per heavy atom. The molecule has 5 nitrogen and oxygen atoms in total. The van der Waals surface area contributed by atoms with Crippen molar-refractivity contribution < 1.29 is 9.66 Å². The number of nitriles is 1. The van der Waals surface area contributed by atoms with Crippen molar-refractivity contribution in [3.63, 3.8) is 0 Å². The first kappa shape index (κ1) is 10.4. The maximum absolute atomic E-state index is 10.8. The van der Waals surface area contributed by atoms with E-state index in [1.54, 1.807) is 6.92 Å². The lowest BCUT2D eigenvalue weighted by molar-refractivity contribution is -0.386. The fourth-order valence-electron chi connectivity index (χ4n) is 1.40. The van der Waals surface area contributed by atoms with Gasteiger partial charge in [-0.3, -0.25) is 10.1 Å². The highest BCUT2D eigenvalue weighted by Crippen LogP contribution is 2.35. The maximum Gasteiger partial charge on any atom is 0.311 e. The molecule has 1 aliphatic rings. The number of nitrogens with zero attached hydrogens (tertiary/aromatic N) is 2. The van der Waals surface area contributed by atoms with E-state index in [0.717, 1.165) is 12.8 Å². The van der Waals surface area contributed by atoms with Gasteiger partial charge in [0, 0.05) is 12.1 Å². The zero-order chi connectivity index (χ0) is 11.7. The predicted octanol–water partition coefficient (Wildman–Crippen LogP) is 2.32. The fraction of sp³-hybridized carbons (Fsp3) is 0.364. The van der Waals surface area contributed by atoms with Gasteiger partial charge < -0.3 is 4.74 Å². The predicted molar refractivity (Wildman–Crippen MR) is 56.2 cm³/mol. The standard InChI is InChI=1S/C11H10N2O3/c1-7-4-10(13(14)15)11(5-8(7)6-12)16-9-2-3-9/h4-5,9H,2-3H2,1H3. The average Bonchev–Trinajstić information content (AvgIpc) is 3.03. The van der Waals surface area contributed by atoms with Gasteiger partial charge in [-0.25, -0.2) is 0 Å². The SMILES string of the molecule is Cc1cc([N+](=O)[O-])c(OC2CC2)cc1C#N. The lowest BCUT2D eigenvalue weighted by atomic mass is 10.1. The molecule has 0 N–H and O–H groups in total. The second kappa shape index (κ2) is 3.81. The molecule has 0 amide bonds. The molecule has 0 unspecified atom stereocenters. The summed E-state index contributed by atoms with van der Waals surface area (Å²) >= 11 is 0. The third-order valence-electron chi connectivity index (χ3n) is 2.44. The molecular weight excluding hydrogens is 208 g/mol. The summed E-state index contributed by atoms with van der Waals surface area (Å²) in [6.45, 7) is 1.67. The van der Waals surface area contributed by atoms with Crippen LogP contribution in [-0.2, 0) is 0 Å². The molecule has 1 aliphatic carbocycles. The molecule has 2 rings (SSSR count). The van der Waals surface area contributed by atoms with Crippen LogP contribution >= 0.6 is 0 Å². The largest absolute Gasteiger partial charge is 0.483 e. The molecule has 0 aromatic heterocycles. The Bertz CT molecular complexity index is 487. The molecular formula is C11H10N2O3. The molecule has 82 valence electrons. The van der Waals surface area contributed by atoms with Crippen molar-refractivity contribution in [3.8, 4) is 11.8 Å². The summed E-state index contributed by atoms with van der Waals surface area (Å²) in [6.07, 6.45) is 1.92. The lowest BCUT2D eigenvalue weighted by Gasteiger charge is -2.06. The van der Waals surface area contributed by atoms with Crippen LogP contribution in [0.2, 0.25) is 0 Å². The van der Waals surface area contributed by atoms with E-state index in [-0.39, 0.29) is 17.5 Å². The van der Waals surface area contributed by atoms with Gasteiger partial charge in [0.25, 0.3) is 0 Å². The number of rotatable bonds is 3. The van der Waals surface area contributed by atoms with Gasteiger partial charge in [0.1, 0.15) is 0 Å². The van der Waals surface area contributed by atoms with E-state index in [1.165, 1.54) is 12.1 Å². The van der Waals surface area contributed by atoms with Gasteiger partial charge in [-0.15, -0.1) is 0 Å². The van der Waals surface area contributed by atoms with Crippen LogP contribution in [0.5, 0.6) is 5.75 Å². The van der Waals surface area contributed by atoms with Crippen LogP contribution < -0.4 is 4.74 Å². The summed E-state index contributed by atoms with van der Waals surface area (Å²) in [7, 11) is 0. The molecule has 1 fully saturated rings. The normalized spacial score (nSPS) is 14.2. The second-order valence-electron chi connectivity index (χ2n) is 3.82. The molecule has 16 heavy (non-hydrogen) atoms. The molecule has 0 atom stereocenters. The number of benzene rings is 1. The van der Waals surface area contributed by atoms with E-state index >= 15 is 0 Å². The zero-order valence-corrected chi connectivity index (χ0v) is 8.77. The maximum atomic E-state index is 10.8. The van der Waals surface area contributed by atoms with Gasteiger partial charge in [-0.05, 0) is 25.3 Å². The molecule has 0 bridgehead atoms. The minimum Gasteiger partial charge on any atom is -0.483 e. The number of aryl methyl sites for hydroxylation is 1. The van der Waals surface area contributed by atoms with Crippen molar-refractivity contribution in [2.75, 3.05) is 0 Å². The fourth-order valence-corrected chi connectivity index (χ4v) is 1.40. The quantitative estimate of drug-likeness (QED) is 0.576. The number of ether oxygens (including phenoxy) is 1. The number of hydrogen-bond donors (Lipinski definition) is 0. The Hall–Kier alpha value is -2.09. The first-order valence-electron chi connectivity index (χ1n) is 4.97. The highest BCUT2D eigenvalue weighted by molar-refractivity contribution is 5.55. The molecule has 0 spiro atoms. The average molecular weight is 218 g/mol. The molecule has 1 aromatic rings. The van der Waals surface area contributed by atoms with Crippen LogP contribution in [-0.4, -0.2) is 11.0 Å². The Kier molecular flexibility index (Phi) is 2.49. The van der Waals surface area contributed by atoms with Crippen molar-refractivity contribution in [1.82, 2.24) is 0 Å². The van der Waals surface area contributed by atoms with Crippen molar-refractivity contribution in [3.05, 3.63) is 33.4 Å². The monoisotopic (exact) mass is 218 g/mol. The van der Waals surface area contributed by atoms with E-state index < -0.39 is 4.92 Å². The minimum absolute atomic E-state index is 0.0663. The van der Waals surface area contributed by atoms with Gasteiger partial charge in [-0.1, -0.05) is 0 Å². The first-order valence-corrected chi connectivity index (χ1v) is 4.97. The van der Waals surface area contributed by atoms with Gasteiger partial charge in [0.15, 0.2) is 5.75 Å². The first-order chi connectivity index (χ1) is 7.61. The van der Waals surface area contributed by atoms with Crippen molar-refractivity contribution in [2.24, 2.45) is 0 Å². The summed E-state index contributed by atoms with van der Waals surface area (Å²) in [5, 5.41) is 19.7. The van der Waals surface area contributed by atoms with E-state index in [0.29, 0.717) is 11.1 Å². The minimum atomic E-state index is -0.480. The van der Waals surface area contributed by atoms with E-state index in [4.69, 9.17) is 10.00 Å². The summed E-state index contributed by atoms with van der Waals surface area (Å²) < 4.78 is 5.42. The molecule has 5 heteroatoms. The summed E-state index contributed by atoms with van der Waals surface area (Å²) in [4.78, 5) is 10.3. The Balaban J connectivity index is 2.45. The Morgan fingerprint density at radius 3 is 2.75 bits per heavy atom. The van der Waals surface area contributed by atoms with E-state index in [9.17, 15) is 10.1 Å².